The molecule has 0 saturated heterocycles. The molecule has 0 N–H and O–H groups in total. The lowest BCUT2D eigenvalue weighted by atomic mass is 9.35. The topological polar surface area (TPSA) is 40.9 Å². The third-order valence-electron chi connectivity index (χ3n) is 13.9. The van der Waals surface area contributed by atoms with Crippen molar-refractivity contribution in [1.82, 2.24) is 4.57 Å². The molecule has 0 radical (unpaired) electrons. The van der Waals surface area contributed by atoms with Crippen molar-refractivity contribution in [3.63, 3.8) is 0 Å². The van der Waals surface area contributed by atoms with Gasteiger partial charge in [-0.15, -0.1) is 0 Å². The number of aromatic nitrogens is 1. The van der Waals surface area contributed by atoms with Crippen molar-refractivity contribution in [3.8, 4) is 16.8 Å². The summed E-state index contributed by atoms with van der Waals surface area (Å²) in [4.78, 5) is 2.25. The molecule has 0 unspecified atom stereocenters. The zero-order valence-corrected chi connectivity index (χ0v) is 41.2. The van der Waals surface area contributed by atoms with Crippen molar-refractivity contribution in [2.75, 3.05) is 14.7 Å². The fourth-order valence-electron chi connectivity index (χ4n) is 10.5. The molecular weight excluding hydrogens is 940 g/mol. The van der Waals surface area contributed by atoms with Crippen molar-refractivity contribution < 1.29 is 56.8 Å². The molecule has 10 aromatic carbocycles. The molecule has 0 atom stereocenters. The van der Waals surface area contributed by atoms with Gasteiger partial charge in [-0.05, 0) is 141 Å². The van der Waals surface area contributed by atoms with Gasteiger partial charge in [0.15, 0.2) is 0 Å². The van der Waals surface area contributed by atoms with E-state index in [4.69, 9.17) is 21.2 Å². The Morgan fingerprint density at radius 3 is 1.83 bits per heavy atom. The van der Waals surface area contributed by atoms with E-state index < -0.39 is 347 Å². The van der Waals surface area contributed by atoms with E-state index in [-0.39, 0.29) is 32.9 Å². The highest BCUT2D eigenvalue weighted by Gasteiger charge is 2.49. The molecule has 0 saturated carbocycles. The first-order valence-electron chi connectivity index (χ1n) is 41.6. The second-order valence-electron chi connectivity index (χ2n) is 20.6. The van der Waals surface area contributed by atoms with Crippen LogP contribution in [0.25, 0.3) is 71.5 Å². The quantitative estimate of drug-likeness (QED) is 0.161. The molecule has 3 aliphatic rings. The molecule has 3 aliphatic heterocycles. The predicted molar refractivity (Wildman–Crippen MR) is 323 cm³/mol. The molecular formula is C70H53BN4O2. The summed E-state index contributed by atoms with van der Waals surface area (Å²) >= 11 is 0. The van der Waals surface area contributed by atoms with Crippen LogP contribution in [0, 0.1) is 0 Å². The lowest BCUT2D eigenvalue weighted by Gasteiger charge is -2.45. The highest BCUT2D eigenvalue weighted by molar-refractivity contribution is 7.00. The van der Waals surface area contributed by atoms with Crippen LogP contribution < -0.4 is 31.3 Å². The van der Waals surface area contributed by atoms with Crippen LogP contribution in [0.3, 0.4) is 0 Å². The molecule has 0 bridgehead atoms. The molecule has 6 nitrogen and oxygen atoms in total. The Balaban J connectivity index is 1.25. The van der Waals surface area contributed by atoms with Gasteiger partial charge in [-0.2, -0.15) is 0 Å². The number of benzene rings is 10. The van der Waals surface area contributed by atoms with Gasteiger partial charge >= 0.3 is 0 Å². The standard InChI is InChI=1S/C70H53BN4O2/c1-69(2,3)44-30-33-56-52(36-44)53-37-45(70(4,5)6)38-60-65(53)74(56)57-27-18-26-55-67(57)75(60)59-40-49(72(46-21-12-8-13-22-46)47-23-14-9-15-24-47)39-58-64(59)71(55)68-66(54-35-43(29-34-62(54)77-68)42-19-10-7-11-20-42)73(58)48-31-32-51-50-25-16-17-28-61(50)76-63(51)41-48/h7-41H,1-6H3/i7D,8D,9D,10D,11D,12D,13D,14D,15D,16D,17D,18D,19D,20D,21D,22D,23D,24D,25D,26D,27D,28D,29D,30D,31D,32D,33D,34D,35D,36D,37D,38D,39D,40D,41D. The third-order valence-corrected chi connectivity index (χ3v) is 13.9. The Bertz CT molecular complexity index is 6610. The van der Waals surface area contributed by atoms with Gasteiger partial charge in [0.05, 0.1) is 93.1 Å². The third kappa shape index (κ3) is 6.31. The van der Waals surface area contributed by atoms with E-state index in [1.54, 1.807) is 41.5 Å². The van der Waals surface area contributed by atoms with E-state index in [1.165, 1.54) is 4.57 Å². The minimum absolute atomic E-state index is 0.0119. The second kappa shape index (κ2) is 15.7. The summed E-state index contributed by atoms with van der Waals surface area (Å²) in [5.74, 6) is 0. The van der Waals surface area contributed by atoms with Crippen molar-refractivity contribution in [3.05, 3.63) is 223 Å². The van der Waals surface area contributed by atoms with Crippen LogP contribution in [0.4, 0.5) is 51.2 Å². The molecule has 0 aliphatic carbocycles. The summed E-state index contributed by atoms with van der Waals surface area (Å²) in [6.45, 7) is 7.70. The Morgan fingerprint density at radius 2 is 1.09 bits per heavy atom. The van der Waals surface area contributed by atoms with E-state index in [2.05, 4.69) is 0 Å². The van der Waals surface area contributed by atoms with Crippen LogP contribution >= 0.6 is 0 Å². The van der Waals surface area contributed by atoms with Gasteiger partial charge in [0.1, 0.15) is 16.7 Å². The number of para-hydroxylation sites is 4. The smallest absolute Gasteiger partial charge is 0.297 e. The molecule has 6 heterocycles. The van der Waals surface area contributed by atoms with Gasteiger partial charge in [0, 0.05) is 61.4 Å². The highest BCUT2D eigenvalue weighted by atomic mass is 16.3. The summed E-state index contributed by atoms with van der Waals surface area (Å²) in [7, 11) is 0. The first-order chi connectivity index (χ1) is 52.1. The number of rotatable bonds is 5. The molecule has 77 heavy (non-hydrogen) atoms. The predicted octanol–water partition coefficient (Wildman–Crippen LogP) is 17.6. The van der Waals surface area contributed by atoms with Crippen LogP contribution in [-0.2, 0) is 10.8 Å². The Hall–Kier alpha value is -9.20. The Kier molecular flexibility index (Phi) is 4.44. The molecule has 368 valence electrons. The zero-order valence-electron chi connectivity index (χ0n) is 76.2. The van der Waals surface area contributed by atoms with Crippen LogP contribution in [-0.4, -0.2) is 11.3 Å². The molecule has 0 amide bonds. The number of furan rings is 2. The first-order valence-corrected chi connectivity index (χ1v) is 24.1. The summed E-state index contributed by atoms with van der Waals surface area (Å²) in [6, 6.07) is -34.3. The minimum Gasteiger partial charge on any atom is -0.468 e. The Labute approximate surface area is 496 Å². The lowest BCUT2D eigenvalue weighted by molar-refractivity contribution is 0.590. The molecule has 13 aromatic rings. The van der Waals surface area contributed by atoms with Gasteiger partial charge in [-0.1, -0.05) is 150 Å². The molecule has 0 spiro atoms. The lowest BCUT2D eigenvalue weighted by Crippen LogP contribution is -2.61. The average molecular weight is 1030 g/mol. The van der Waals surface area contributed by atoms with Crippen molar-refractivity contribution >= 4 is 129 Å². The number of hydrogen-bond acceptors (Lipinski definition) is 5. The SMILES string of the molecule is [2H]c1c([2H])c([2H])c(-c2c([2H])c([2H])c3oc4c(c3c2[2H])N(c2c([2H])c([2H])c3c(oc5c([2H])c([2H])c([2H])c([2H])c53)c2[2H])c2c([2H])c(N(c3c([2H])c([2H])c([2H])c([2H])c3[2H])c3c([2H])c([2H])c([2H])c([2H])c3[2H])c([2H])c3c2B4c2c([2H])c([2H])c([2H])c4c2N3c2c([2H])c(C(C)(C)C)c([2H])c3c5c([2H])c(C(C)(C)C)c([2H])c([2H])c5n-4c23)c([2H])c1[2H]. The Morgan fingerprint density at radius 1 is 0.429 bits per heavy atom. The normalized spacial score (nSPS) is 19.9. The van der Waals surface area contributed by atoms with E-state index in [0.717, 1.165) is 9.80 Å². The van der Waals surface area contributed by atoms with Crippen molar-refractivity contribution in [1.29, 1.82) is 0 Å². The first kappa shape index (κ1) is 21.8. The van der Waals surface area contributed by atoms with E-state index in [1.807, 2.05) is 0 Å². The van der Waals surface area contributed by atoms with Gasteiger partial charge in [0.2, 0.25) is 0 Å². The maximum atomic E-state index is 11.4. The number of nitrogens with zero attached hydrogens (tertiary/aromatic N) is 4. The fourth-order valence-corrected chi connectivity index (χ4v) is 10.5. The van der Waals surface area contributed by atoms with E-state index in [9.17, 15) is 35.6 Å². The molecule has 0 fully saturated rings. The monoisotopic (exact) mass is 1030 g/mol. The van der Waals surface area contributed by atoms with Gasteiger partial charge < -0.3 is 28.1 Å². The molecule has 16 rings (SSSR count). The second-order valence-corrected chi connectivity index (χ2v) is 20.6. The molecule has 3 aromatic heterocycles. The van der Waals surface area contributed by atoms with Crippen LogP contribution in [0.15, 0.2) is 220 Å². The summed E-state index contributed by atoms with van der Waals surface area (Å²) in [5.41, 5.74) is -17.9. The fraction of sp³-hybridized carbons (Fsp3) is 0.114. The number of anilines is 9. The minimum atomic E-state index is -2.20. The summed E-state index contributed by atoms with van der Waals surface area (Å²) in [6.07, 6.45) is 0. The number of hydrogen-bond donors (Lipinski definition) is 0. The van der Waals surface area contributed by atoms with Gasteiger partial charge in [-0.3, -0.25) is 0 Å². The van der Waals surface area contributed by atoms with E-state index in [0.29, 0.717) is 4.90 Å². The number of fused-ring (bicyclic) bond motifs is 14. The van der Waals surface area contributed by atoms with E-state index >= 15 is 0 Å². The zero-order chi connectivity index (χ0) is 82.1. The highest BCUT2D eigenvalue weighted by Crippen LogP contribution is 2.56. The van der Waals surface area contributed by atoms with Crippen molar-refractivity contribution in [2.24, 2.45) is 0 Å². The largest absolute Gasteiger partial charge is 0.468 e. The van der Waals surface area contributed by atoms with Crippen molar-refractivity contribution in [2.45, 2.75) is 52.4 Å². The maximum Gasteiger partial charge on any atom is 0.297 e. The van der Waals surface area contributed by atoms with Gasteiger partial charge in [-0.25, -0.2) is 0 Å². The summed E-state index contributed by atoms with van der Waals surface area (Å²) in [5, 5.41) is -2.35. The maximum absolute atomic E-state index is 11.4. The van der Waals surface area contributed by atoms with Crippen LogP contribution in [0.5, 0.6) is 0 Å². The molecule has 7 heteroatoms. The van der Waals surface area contributed by atoms with Crippen LogP contribution in [0.2, 0.25) is 0 Å². The average Bonchev–Trinajstić information content (AvgIpc) is 1.30. The van der Waals surface area contributed by atoms with Gasteiger partial charge in [0.25, 0.3) is 6.71 Å². The summed E-state index contributed by atoms with van der Waals surface area (Å²) < 4.78 is 354. The van der Waals surface area contributed by atoms with Crippen LogP contribution in [0.1, 0.15) is 101 Å².